The van der Waals surface area contributed by atoms with Crippen LogP contribution in [0, 0.1) is 12.8 Å². The number of benzene rings is 1. The van der Waals surface area contributed by atoms with E-state index in [9.17, 15) is 18.0 Å². The number of Topliss-reactive ketones (excluding diaryl/α,β-unsaturated/α-hetero) is 1. The highest BCUT2D eigenvalue weighted by atomic mass is 32.2. The largest absolute Gasteiger partial charge is 0.450 e. The summed E-state index contributed by atoms with van der Waals surface area (Å²) in [5.74, 6) is -0.399. The lowest BCUT2D eigenvalue weighted by Gasteiger charge is -2.34. The van der Waals surface area contributed by atoms with E-state index in [-0.39, 0.29) is 30.3 Å². The number of nitrogens with one attached hydrogen (secondary N) is 1. The average molecular weight is 412 g/mol. The van der Waals surface area contributed by atoms with Crippen LogP contribution in [0.2, 0.25) is 0 Å². The summed E-state index contributed by atoms with van der Waals surface area (Å²) in [6.07, 6.45) is -0.131. The minimum absolute atomic E-state index is 0.0874. The molecule has 0 heterocycles. The second kappa shape index (κ2) is 10.0. The fourth-order valence-corrected chi connectivity index (χ4v) is 5.50. The predicted molar refractivity (Wildman–Crippen MR) is 110 cm³/mol. The summed E-state index contributed by atoms with van der Waals surface area (Å²) in [4.78, 5) is 25.6. The zero-order valence-corrected chi connectivity index (χ0v) is 18.6. The molecule has 0 spiro atoms. The Morgan fingerprint density at radius 3 is 2.04 bits per heavy atom. The Bertz CT molecular complexity index is 764. The predicted octanol–water partition coefficient (Wildman–Crippen LogP) is 4.06. The molecule has 1 amide bonds. The first-order valence-corrected chi connectivity index (χ1v) is 11.3. The summed E-state index contributed by atoms with van der Waals surface area (Å²) in [6, 6.07) is 5.58. The number of carbonyl (C=O) groups is 2. The molecule has 0 saturated carbocycles. The zero-order valence-electron chi connectivity index (χ0n) is 17.7. The van der Waals surface area contributed by atoms with Crippen LogP contribution in [-0.4, -0.2) is 37.7 Å². The Kier molecular flexibility index (Phi) is 8.67. The van der Waals surface area contributed by atoms with Gasteiger partial charge in [0.05, 0.1) is 17.5 Å². The smallest absolute Gasteiger partial charge is 0.407 e. The lowest BCUT2D eigenvalue weighted by Crippen LogP contribution is -2.55. The maximum absolute atomic E-state index is 13.5. The van der Waals surface area contributed by atoms with Crippen LogP contribution in [0.1, 0.15) is 59.4 Å². The molecule has 1 aromatic rings. The van der Waals surface area contributed by atoms with Crippen LogP contribution in [0.15, 0.2) is 29.2 Å². The first-order valence-electron chi connectivity index (χ1n) is 9.84. The molecule has 0 fully saturated rings. The van der Waals surface area contributed by atoms with Crippen LogP contribution >= 0.6 is 0 Å². The summed E-state index contributed by atoms with van der Waals surface area (Å²) in [5, 5.41) is 2.58. The third-order valence-electron chi connectivity index (χ3n) is 5.03. The Hall–Kier alpha value is -1.89. The molecule has 0 aliphatic carbocycles. The van der Waals surface area contributed by atoms with E-state index < -0.39 is 32.5 Å². The summed E-state index contributed by atoms with van der Waals surface area (Å²) in [7, 11) is -3.95. The first kappa shape index (κ1) is 24.1. The highest BCUT2D eigenvalue weighted by molar-refractivity contribution is 7.93. The minimum atomic E-state index is -3.95. The van der Waals surface area contributed by atoms with Gasteiger partial charge in [-0.15, -0.1) is 0 Å². The molecule has 1 atom stereocenters. The van der Waals surface area contributed by atoms with Crippen molar-refractivity contribution < 1.29 is 22.7 Å². The van der Waals surface area contributed by atoms with Gasteiger partial charge in [-0.2, -0.15) is 0 Å². The summed E-state index contributed by atoms with van der Waals surface area (Å²) >= 11 is 0. The average Bonchev–Trinajstić information content (AvgIpc) is 2.62. The lowest BCUT2D eigenvalue weighted by atomic mass is 9.88. The highest BCUT2D eigenvalue weighted by Crippen LogP contribution is 2.35. The van der Waals surface area contributed by atoms with Crippen molar-refractivity contribution in [2.75, 3.05) is 6.61 Å². The summed E-state index contributed by atoms with van der Waals surface area (Å²) in [6.45, 7) is 10.9. The molecule has 28 heavy (non-hydrogen) atoms. The SMILES string of the molecule is CCOC(=O)N[C@@H](CC(C)C)C(=O)C(CC)(CC)S(=O)(=O)c1ccc(C)cc1. The van der Waals surface area contributed by atoms with Crippen molar-refractivity contribution >= 4 is 21.7 Å². The molecule has 0 saturated heterocycles. The molecule has 1 rings (SSSR count). The third kappa shape index (κ3) is 5.13. The topological polar surface area (TPSA) is 89.5 Å². The normalized spacial score (nSPS) is 13.2. The number of sulfone groups is 1. The van der Waals surface area contributed by atoms with Gasteiger partial charge in [-0.05, 0) is 51.2 Å². The van der Waals surface area contributed by atoms with Crippen LogP contribution in [0.25, 0.3) is 0 Å². The number of hydrogen-bond donors (Lipinski definition) is 1. The molecule has 7 heteroatoms. The quantitative estimate of drug-likeness (QED) is 0.627. The Morgan fingerprint density at radius 1 is 1.07 bits per heavy atom. The number of carbonyl (C=O) groups excluding carboxylic acids is 2. The van der Waals surface area contributed by atoms with E-state index in [0.717, 1.165) is 5.56 Å². The molecule has 0 radical (unpaired) electrons. The fraction of sp³-hybridized carbons (Fsp3) is 0.619. The fourth-order valence-electron chi connectivity index (χ4n) is 3.39. The van der Waals surface area contributed by atoms with Crippen molar-refractivity contribution in [1.29, 1.82) is 0 Å². The van der Waals surface area contributed by atoms with Crippen LogP contribution in [0.5, 0.6) is 0 Å². The van der Waals surface area contributed by atoms with Gasteiger partial charge in [-0.25, -0.2) is 13.2 Å². The van der Waals surface area contributed by atoms with Crippen molar-refractivity contribution in [3.05, 3.63) is 29.8 Å². The minimum Gasteiger partial charge on any atom is -0.450 e. The number of alkyl carbamates (subject to hydrolysis) is 1. The number of aryl methyl sites for hydroxylation is 1. The molecule has 1 aromatic carbocycles. The third-order valence-corrected chi connectivity index (χ3v) is 7.73. The Balaban J connectivity index is 3.42. The summed E-state index contributed by atoms with van der Waals surface area (Å²) in [5.41, 5.74) is 0.936. The molecule has 0 aliphatic heterocycles. The monoisotopic (exact) mass is 411 g/mol. The van der Waals surface area contributed by atoms with Gasteiger partial charge >= 0.3 is 6.09 Å². The second-order valence-corrected chi connectivity index (χ2v) is 9.69. The van der Waals surface area contributed by atoms with Gasteiger partial charge in [0, 0.05) is 0 Å². The molecule has 6 nitrogen and oxygen atoms in total. The Morgan fingerprint density at radius 2 is 1.61 bits per heavy atom. The van der Waals surface area contributed by atoms with E-state index in [1.807, 2.05) is 20.8 Å². The lowest BCUT2D eigenvalue weighted by molar-refractivity contribution is -0.124. The number of ether oxygens (including phenoxy) is 1. The molecule has 0 bridgehead atoms. The van der Waals surface area contributed by atoms with Gasteiger partial charge in [-0.3, -0.25) is 4.79 Å². The van der Waals surface area contributed by atoms with Gasteiger partial charge in [0.25, 0.3) is 0 Å². The first-order chi connectivity index (χ1) is 13.1. The molecule has 158 valence electrons. The van der Waals surface area contributed by atoms with Crippen LogP contribution < -0.4 is 5.32 Å². The number of ketones is 1. The van der Waals surface area contributed by atoms with Crippen molar-refractivity contribution in [3.63, 3.8) is 0 Å². The van der Waals surface area contributed by atoms with Gasteiger partial charge in [0.2, 0.25) is 0 Å². The van der Waals surface area contributed by atoms with Crippen molar-refractivity contribution in [2.24, 2.45) is 5.92 Å². The van der Waals surface area contributed by atoms with Crippen molar-refractivity contribution in [2.45, 2.75) is 76.5 Å². The van der Waals surface area contributed by atoms with E-state index in [4.69, 9.17) is 4.74 Å². The van der Waals surface area contributed by atoms with Crippen molar-refractivity contribution in [3.8, 4) is 0 Å². The molecular weight excluding hydrogens is 378 g/mol. The maximum atomic E-state index is 13.5. The van der Waals surface area contributed by atoms with Gasteiger partial charge in [0.1, 0.15) is 4.75 Å². The van der Waals surface area contributed by atoms with E-state index in [1.54, 1.807) is 32.9 Å². The standard InChI is InChI=1S/C21H33NO5S/c1-7-21(8-2,28(25,26)17-12-10-16(6)11-13-17)19(23)18(14-15(4)5)22-20(24)27-9-3/h10-13,15,18H,7-9,14H2,1-6H3,(H,22,24)/t18-/m0/s1. The molecule has 0 aliphatic rings. The zero-order chi connectivity index (χ0) is 21.5. The molecular formula is C21H33NO5S. The van der Waals surface area contributed by atoms with Crippen LogP contribution in [0.3, 0.4) is 0 Å². The molecule has 0 unspecified atom stereocenters. The van der Waals surface area contributed by atoms with Gasteiger partial charge < -0.3 is 10.1 Å². The number of hydrogen-bond acceptors (Lipinski definition) is 5. The maximum Gasteiger partial charge on any atom is 0.407 e. The van der Waals surface area contributed by atoms with Crippen LogP contribution in [0.4, 0.5) is 4.79 Å². The van der Waals surface area contributed by atoms with Crippen molar-refractivity contribution in [1.82, 2.24) is 5.32 Å². The molecule has 0 aromatic heterocycles. The molecule has 1 N–H and O–H groups in total. The van der Waals surface area contributed by atoms with E-state index >= 15 is 0 Å². The van der Waals surface area contributed by atoms with E-state index in [1.165, 1.54) is 12.1 Å². The van der Waals surface area contributed by atoms with Crippen LogP contribution in [-0.2, 0) is 19.4 Å². The highest BCUT2D eigenvalue weighted by Gasteiger charge is 2.50. The number of rotatable bonds is 10. The van der Waals surface area contributed by atoms with Gasteiger partial charge in [-0.1, -0.05) is 45.4 Å². The second-order valence-electron chi connectivity index (χ2n) is 7.43. The Labute approximate surface area is 169 Å². The van der Waals surface area contributed by atoms with E-state index in [0.29, 0.717) is 6.42 Å². The van der Waals surface area contributed by atoms with E-state index in [2.05, 4.69) is 5.32 Å². The summed E-state index contributed by atoms with van der Waals surface area (Å²) < 4.78 is 30.3. The number of amides is 1. The van der Waals surface area contributed by atoms with Gasteiger partial charge in [0.15, 0.2) is 15.6 Å².